The Balaban J connectivity index is 1.50. The summed E-state index contributed by atoms with van der Waals surface area (Å²) >= 11 is 0. The van der Waals surface area contributed by atoms with Gasteiger partial charge in [-0.05, 0) is 48.9 Å². The Morgan fingerprint density at radius 1 is 1.22 bits per heavy atom. The smallest absolute Gasteiger partial charge is 0.269 e. The first-order chi connectivity index (χ1) is 11.2. The van der Waals surface area contributed by atoms with Crippen LogP contribution in [0.5, 0.6) is 0 Å². The highest BCUT2D eigenvalue weighted by Gasteiger charge is 2.24. The number of nitrogens with zero attached hydrogens (tertiary/aromatic N) is 2. The second-order valence-corrected chi connectivity index (χ2v) is 5.77. The van der Waals surface area contributed by atoms with Crippen molar-refractivity contribution in [2.24, 2.45) is 0 Å². The molecule has 0 amide bonds. The van der Waals surface area contributed by atoms with Crippen LogP contribution in [-0.2, 0) is 4.74 Å². The second-order valence-electron chi connectivity index (χ2n) is 5.77. The van der Waals surface area contributed by atoms with Crippen molar-refractivity contribution < 1.29 is 9.66 Å². The molecule has 2 fully saturated rings. The lowest BCUT2D eigenvalue weighted by atomic mass is 10.1. The predicted molar refractivity (Wildman–Crippen MR) is 87.8 cm³/mol. The number of non-ortho nitro benzene ring substituents is 1. The Labute approximate surface area is 135 Å². The van der Waals surface area contributed by atoms with Crippen molar-refractivity contribution in [3.63, 3.8) is 0 Å². The van der Waals surface area contributed by atoms with Crippen molar-refractivity contribution in [3.8, 4) is 0 Å². The van der Waals surface area contributed by atoms with Gasteiger partial charge in [-0.1, -0.05) is 6.08 Å². The monoisotopic (exact) mass is 315 g/mol. The summed E-state index contributed by atoms with van der Waals surface area (Å²) < 4.78 is 5.90. The lowest BCUT2D eigenvalue weighted by molar-refractivity contribution is -0.384. The quantitative estimate of drug-likeness (QED) is 0.514. The van der Waals surface area contributed by atoms with Gasteiger partial charge in [0.25, 0.3) is 5.69 Å². The molecular formula is C17H21N3O3. The van der Waals surface area contributed by atoms with Gasteiger partial charge in [0.05, 0.1) is 11.0 Å². The summed E-state index contributed by atoms with van der Waals surface area (Å²) in [4.78, 5) is 12.6. The summed E-state index contributed by atoms with van der Waals surface area (Å²) in [6.45, 7) is 2.98. The van der Waals surface area contributed by atoms with Crippen LogP contribution in [0.2, 0.25) is 0 Å². The van der Waals surface area contributed by atoms with E-state index in [0.29, 0.717) is 6.54 Å². The van der Waals surface area contributed by atoms with Gasteiger partial charge in [0, 0.05) is 31.8 Å². The van der Waals surface area contributed by atoms with E-state index in [4.69, 9.17) is 4.74 Å². The summed E-state index contributed by atoms with van der Waals surface area (Å²) in [5.41, 5.74) is 1.05. The highest BCUT2D eigenvalue weighted by molar-refractivity contribution is 5.34. The molecule has 6 nitrogen and oxygen atoms in total. The van der Waals surface area contributed by atoms with E-state index in [1.807, 2.05) is 18.2 Å². The summed E-state index contributed by atoms with van der Waals surface area (Å²) in [6.07, 6.45) is 10.5. The maximum absolute atomic E-state index is 10.7. The molecule has 2 unspecified atom stereocenters. The van der Waals surface area contributed by atoms with Crippen LogP contribution >= 0.6 is 0 Å². The van der Waals surface area contributed by atoms with Crippen LogP contribution in [-0.4, -0.2) is 35.7 Å². The maximum Gasteiger partial charge on any atom is 0.269 e. The van der Waals surface area contributed by atoms with Gasteiger partial charge in [-0.15, -0.1) is 0 Å². The van der Waals surface area contributed by atoms with Crippen LogP contribution in [0.1, 0.15) is 24.5 Å². The summed E-state index contributed by atoms with van der Waals surface area (Å²) in [5, 5.41) is 14.0. The number of rotatable bonds is 5. The normalized spacial score (nSPS) is 25.0. The maximum atomic E-state index is 10.7. The molecule has 1 aromatic rings. The second kappa shape index (κ2) is 7.39. The topological polar surface area (TPSA) is 67.6 Å². The summed E-state index contributed by atoms with van der Waals surface area (Å²) in [7, 11) is 0. The first-order valence-electron chi connectivity index (χ1n) is 7.94. The third kappa shape index (κ3) is 4.18. The SMILES string of the molecule is O=[N+]([O-])c1ccc(C2CNC(/C=C/C=C/N3CCCC3)O2)cc1. The summed E-state index contributed by atoms with van der Waals surface area (Å²) in [5.74, 6) is 0. The average molecular weight is 315 g/mol. The standard InChI is InChI=1S/C17H21N3O3/c21-20(22)15-8-6-14(7-9-15)16-13-18-17(23-16)5-1-2-10-19-11-3-4-12-19/h1-2,5-10,16-18H,3-4,11-13H2/b5-1+,10-2+. The van der Waals surface area contributed by atoms with Gasteiger partial charge < -0.3 is 9.64 Å². The zero-order valence-corrected chi connectivity index (χ0v) is 12.9. The zero-order valence-electron chi connectivity index (χ0n) is 12.9. The average Bonchev–Trinajstić information content (AvgIpc) is 3.23. The van der Waals surface area contributed by atoms with E-state index in [0.717, 1.165) is 18.7 Å². The molecule has 23 heavy (non-hydrogen) atoms. The first-order valence-corrected chi connectivity index (χ1v) is 7.94. The molecule has 0 aliphatic carbocycles. The number of hydrogen-bond acceptors (Lipinski definition) is 5. The fourth-order valence-corrected chi connectivity index (χ4v) is 2.84. The first kappa shape index (κ1) is 15.7. The van der Waals surface area contributed by atoms with Crippen molar-refractivity contribution in [1.29, 1.82) is 0 Å². The molecule has 0 saturated carbocycles. The van der Waals surface area contributed by atoms with Crippen LogP contribution in [0, 0.1) is 10.1 Å². The minimum atomic E-state index is -0.393. The minimum Gasteiger partial charge on any atom is -0.377 e. The molecule has 0 radical (unpaired) electrons. The number of nitro groups is 1. The molecule has 2 heterocycles. The third-order valence-electron chi connectivity index (χ3n) is 4.13. The molecule has 1 N–H and O–H groups in total. The molecule has 3 rings (SSSR count). The number of hydrogen-bond donors (Lipinski definition) is 1. The molecule has 122 valence electrons. The van der Waals surface area contributed by atoms with Gasteiger partial charge in [0.2, 0.25) is 0 Å². The zero-order chi connectivity index (χ0) is 16.1. The highest BCUT2D eigenvalue weighted by Crippen LogP contribution is 2.25. The van der Waals surface area contributed by atoms with Crippen LogP contribution < -0.4 is 5.32 Å². The van der Waals surface area contributed by atoms with Crippen molar-refractivity contribution >= 4 is 5.69 Å². The number of allylic oxidation sites excluding steroid dienone is 2. The van der Waals surface area contributed by atoms with Crippen molar-refractivity contribution in [2.75, 3.05) is 19.6 Å². The molecule has 0 aromatic heterocycles. The van der Waals surface area contributed by atoms with Gasteiger partial charge in [-0.25, -0.2) is 0 Å². The lowest BCUT2D eigenvalue weighted by Crippen LogP contribution is -2.19. The van der Waals surface area contributed by atoms with E-state index in [1.165, 1.54) is 25.0 Å². The van der Waals surface area contributed by atoms with E-state index in [-0.39, 0.29) is 18.0 Å². The summed E-state index contributed by atoms with van der Waals surface area (Å²) in [6, 6.07) is 6.54. The number of likely N-dealkylation sites (tertiary alicyclic amines) is 1. The Kier molecular flexibility index (Phi) is 5.05. The van der Waals surface area contributed by atoms with E-state index < -0.39 is 4.92 Å². The molecular weight excluding hydrogens is 294 g/mol. The van der Waals surface area contributed by atoms with Gasteiger partial charge in [0.15, 0.2) is 0 Å². The Hall–Kier alpha value is -2.18. The molecule has 6 heteroatoms. The largest absolute Gasteiger partial charge is 0.377 e. The van der Waals surface area contributed by atoms with Crippen LogP contribution in [0.4, 0.5) is 5.69 Å². The Bertz CT molecular complexity index is 592. The molecule has 1 aromatic carbocycles. The van der Waals surface area contributed by atoms with Crippen LogP contribution in [0.25, 0.3) is 0 Å². The van der Waals surface area contributed by atoms with Gasteiger partial charge in [-0.3, -0.25) is 15.4 Å². The van der Waals surface area contributed by atoms with Crippen molar-refractivity contribution in [2.45, 2.75) is 25.2 Å². The predicted octanol–water partition coefficient (Wildman–Crippen LogP) is 2.75. The van der Waals surface area contributed by atoms with E-state index in [1.54, 1.807) is 12.1 Å². The van der Waals surface area contributed by atoms with E-state index in [9.17, 15) is 10.1 Å². The van der Waals surface area contributed by atoms with Gasteiger partial charge in [-0.2, -0.15) is 0 Å². The fourth-order valence-electron chi connectivity index (χ4n) is 2.84. The lowest BCUT2D eigenvalue weighted by Gasteiger charge is -2.10. The highest BCUT2D eigenvalue weighted by atomic mass is 16.6. The van der Waals surface area contributed by atoms with Gasteiger partial charge in [0.1, 0.15) is 6.23 Å². The Morgan fingerprint density at radius 3 is 2.65 bits per heavy atom. The number of ether oxygens (including phenoxy) is 1. The number of nitrogens with one attached hydrogen (secondary N) is 1. The van der Waals surface area contributed by atoms with Gasteiger partial charge >= 0.3 is 0 Å². The van der Waals surface area contributed by atoms with E-state index >= 15 is 0 Å². The minimum absolute atomic E-state index is 0.0759. The molecule has 2 saturated heterocycles. The molecule has 0 bridgehead atoms. The fraction of sp³-hybridized carbons (Fsp3) is 0.412. The van der Waals surface area contributed by atoms with Crippen molar-refractivity contribution in [3.05, 3.63) is 64.4 Å². The molecule has 2 atom stereocenters. The van der Waals surface area contributed by atoms with Crippen molar-refractivity contribution in [1.82, 2.24) is 10.2 Å². The molecule has 2 aliphatic heterocycles. The van der Waals surface area contributed by atoms with Crippen LogP contribution in [0.15, 0.2) is 48.7 Å². The van der Waals surface area contributed by atoms with E-state index in [2.05, 4.69) is 16.4 Å². The van der Waals surface area contributed by atoms with Crippen LogP contribution in [0.3, 0.4) is 0 Å². The molecule has 0 spiro atoms. The molecule has 2 aliphatic rings. The Morgan fingerprint density at radius 2 is 1.96 bits per heavy atom. The number of benzene rings is 1. The third-order valence-corrected chi connectivity index (χ3v) is 4.13. The number of nitro benzene ring substituents is 1.